The molecule has 4 nitrogen and oxygen atoms in total. The number of aldehydes is 1. The zero-order valence-electron chi connectivity index (χ0n) is 7.78. The maximum Gasteiger partial charge on any atom is 0.257 e. The van der Waals surface area contributed by atoms with Gasteiger partial charge in [0.05, 0.1) is 0 Å². The molecule has 0 fully saturated rings. The summed E-state index contributed by atoms with van der Waals surface area (Å²) >= 11 is 0. The minimum Gasteiger partial charge on any atom is -0.303 e. The third-order valence-electron chi connectivity index (χ3n) is 1.94. The predicted molar refractivity (Wildman–Crippen MR) is 48.7 cm³/mol. The summed E-state index contributed by atoms with van der Waals surface area (Å²) in [5.74, 6) is 0.683. The van der Waals surface area contributed by atoms with E-state index in [9.17, 15) is 9.59 Å². The van der Waals surface area contributed by atoms with E-state index in [2.05, 4.69) is 4.98 Å². The van der Waals surface area contributed by atoms with E-state index in [1.54, 1.807) is 11.5 Å². The van der Waals surface area contributed by atoms with Gasteiger partial charge in [0, 0.05) is 24.7 Å². The lowest BCUT2D eigenvalue weighted by atomic mass is 10.2. The van der Waals surface area contributed by atoms with Crippen LogP contribution >= 0.6 is 0 Å². The lowest BCUT2D eigenvalue weighted by molar-refractivity contribution is -0.107. The van der Waals surface area contributed by atoms with Gasteiger partial charge in [-0.05, 0) is 13.8 Å². The first-order valence-electron chi connectivity index (χ1n) is 4.19. The molecular formula is C9H12N2O2. The Kier molecular flexibility index (Phi) is 2.95. The second-order valence-corrected chi connectivity index (χ2v) is 2.75. The average Bonchev–Trinajstić information content (AvgIpc) is 2.11. The number of aryl methyl sites for hydroxylation is 1. The maximum absolute atomic E-state index is 11.6. The number of carbonyl (C=O) groups excluding carboxylic acids is 1. The highest BCUT2D eigenvalue weighted by Crippen LogP contribution is 1.93. The number of aromatic nitrogens is 2. The first-order valence-corrected chi connectivity index (χ1v) is 4.19. The molecule has 70 valence electrons. The SMILES string of the molecule is CCn1c(C)ncc(CC=O)c1=O. The van der Waals surface area contributed by atoms with Gasteiger partial charge >= 0.3 is 0 Å². The highest BCUT2D eigenvalue weighted by Gasteiger charge is 2.04. The average molecular weight is 180 g/mol. The Hall–Kier alpha value is -1.45. The predicted octanol–water partition coefficient (Wildman–Crippen LogP) is 0.313. The fourth-order valence-electron chi connectivity index (χ4n) is 1.22. The number of hydrogen-bond donors (Lipinski definition) is 0. The van der Waals surface area contributed by atoms with Crippen molar-refractivity contribution in [2.45, 2.75) is 26.8 Å². The monoisotopic (exact) mass is 180 g/mol. The molecule has 13 heavy (non-hydrogen) atoms. The van der Waals surface area contributed by atoms with E-state index >= 15 is 0 Å². The van der Waals surface area contributed by atoms with Gasteiger partial charge in [0.2, 0.25) is 0 Å². The Morgan fingerprint density at radius 3 is 2.85 bits per heavy atom. The molecule has 0 aromatic carbocycles. The highest BCUT2D eigenvalue weighted by molar-refractivity contribution is 5.54. The van der Waals surface area contributed by atoms with E-state index in [0.29, 0.717) is 24.2 Å². The molecule has 0 bridgehead atoms. The Bertz CT molecular complexity index is 368. The largest absolute Gasteiger partial charge is 0.303 e. The molecule has 0 N–H and O–H groups in total. The van der Waals surface area contributed by atoms with Gasteiger partial charge in [-0.25, -0.2) is 4.98 Å². The van der Waals surface area contributed by atoms with Crippen molar-refractivity contribution >= 4 is 6.29 Å². The molecule has 0 amide bonds. The van der Waals surface area contributed by atoms with Gasteiger partial charge in [-0.1, -0.05) is 0 Å². The molecule has 1 aromatic rings. The van der Waals surface area contributed by atoms with E-state index in [1.807, 2.05) is 6.92 Å². The van der Waals surface area contributed by atoms with Gasteiger partial charge in [0.25, 0.3) is 5.56 Å². The van der Waals surface area contributed by atoms with Crippen molar-refractivity contribution in [3.63, 3.8) is 0 Å². The fraction of sp³-hybridized carbons (Fsp3) is 0.444. The molecule has 0 aliphatic rings. The maximum atomic E-state index is 11.6. The van der Waals surface area contributed by atoms with Crippen molar-refractivity contribution in [2.24, 2.45) is 0 Å². The van der Waals surface area contributed by atoms with Gasteiger partial charge in [-0.2, -0.15) is 0 Å². The topological polar surface area (TPSA) is 52.0 Å². The first kappa shape index (κ1) is 9.64. The number of nitrogens with zero attached hydrogens (tertiary/aromatic N) is 2. The van der Waals surface area contributed by atoms with Crippen LogP contribution in [0.4, 0.5) is 0 Å². The zero-order chi connectivity index (χ0) is 9.84. The van der Waals surface area contributed by atoms with Crippen LogP contribution in [-0.4, -0.2) is 15.8 Å². The summed E-state index contributed by atoms with van der Waals surface area (Å²) in [6, 6.07) is 0. The van der Waals surface area contributed by atoms with Crippen LogP contribution in [0.15, 0.2) is 11.0 Å². The van der Waals surface area contributed by atoms with E-state index in [0.717, 1.165) is 0 Å². The molecule has 0 spiro atoms. The van der Waals surface area contributed by atoms with Crippen LogP contribution in [0.5, 0.6) is 0 Å². The Balaban J connectivity index is 3.27. The highest BCUT2D eigenvalue weighted by atomic mass is 16.1. The van der Waals surface area contributed by atoms with Crippen LogP contribution in [0.2, 0.25) is 0 Å². The summed E-state index contributed by atoms with van der Waals surface area (Å²) in [6.45, 7) is 4.24. The molecule has 0 radical (unpaired) electrons. The molecule has 0 atom stereocenters. The van der Waals surface area contributed by atoms with Crippen LogP contribution < -0.4 is 5.56 Å². The minimum absolute atomic E-state index is 0.109. The first-order chi connectivity index (χ1) is 6.20. The van der Waals surface area contributed by atoms with Crippen molar-refractivity contribution in [1.82, 2.24) is 9.55 Å². The molecule has 0 saturated carbocycles. The molecule has 0 unspecified atom stereocenters. The van der Waals surface area contributed by atoms with Crippen LogP contribution in [0.25, 0.3) is 0 Å². The van der Waals surface area contributed by atoms with E-state index in [4.69, 9.17) is 0 Å². The summed E-state index contributed by atoms with van der Waals surface area (Å²) in [4.78, 5) is 25.8. The molecular weight excluding hydrogens is 168 g/mol. The standard InChI is InChI=1S/C9H12N2O2/c1-3-11-7(2)10-6-8(4-5-12)9(11)13/h5-6H,3-4H2,1-2H3. The van der Waals surface area contributed by atoms with Crippen LogP contribution in [0.3, 0.4) is 0 Å². The smallest absolute Gasteiger partial charge is 0.257 e. The van der Waals surface area contributed by atoms with E-state index in [1.165, 1.54) is 6.20 Å². The van der Waals surface area contributed by atoms with Crippen molar-refractivity contribution < 1.29 is 4.79 Å². The summed E-state index contributed by atoms with van der Waals surface area (Å²) in [5.41, 5.74) is 0.351. The fourth-order valence-corrected chi connectivity index (χ4v) is 1.22. The van der Waals surface area contributed by atoms with Crippen LogP contribution in [0.1, 0.15) is 18.3 Å². The molecule has 0 saturated heterocycles. The number of rotatable bonds is 3. The summed E-state index contributed by atoms with van der Waals surface area (Å²) in [5, 5.41) is 0. The van der Waals surface area contributed by atoms with Crippen molar-refractivity contribution in [1.29, 1.82) is 0 Å². The molecule has 1 rings (SSSR count). The van der Waals surface area contributed by atoms with Crippen LogP contribution in [-0.2, 0) is 17.8 Å². The lowest BCUT2D eigenvalue weighted by Gasteiger charge is -2.06. The Morgan fingerprint density at radius 2 is 2.31 bits per heavy atom. The molecule has 1 heterocycles. The van der Waals surface area contributed by atoms with Crippen LogP contribution in [0, 0.1) is 6.92 Å². The molecule has 0 aliphatic carbocycles. The van der Waals surface area contributed by atoms with Crippen molar-refractivity contribution in [2.75, 3.05) is 0 Å². The van der Waals surface area contributed by atoms with Gasteiger partial charge in [-0.15, -0.1) is 0 Å². The molecule has 1 aromatic heterocycles. The third kappa shape index (κ3) is 1.83. The zero-order valence-corrected chi connectivity index (χ0v) is 7.78. The number of hydrogen-bond acceptors (Lipinski definition) is 3. The number of carbonyl (C=O) groups is 1. The summed E-state index contributed by atoms with van der Waals surface area (Å²) < 4.78 is 1.55. The summed E-state index contributed by atoms with van der Waals surface area (Å²) in [6.07, 6.45) is 2.33. The van der Waals surface area contributed by atoms with E-state index < -0.39 is 0 Å². The van der Waals surface area contributed by atoms with Gasteiger partial charge in [0.1, 0.15) is 12.1 Å². The van der Waals surface area contributed by atoms with Gasteiger partial charge < -0.3 is 4.79 Å². The van der Waals surface area contributed by atoms with Crippen molar-refractivity contribution in [3.8, 4) is 0 Å². The molecule has 4 heteroatoms. The second kappa shape index (κ2) is 3.98. The lowest BCUT2D eigenvalue weighted by Crippen LogP contribution is -2.26. The molecule has 0 aliphatic heterocycles. The van der Waals surface area contributed by atoms with Crippen molar-refractivity contribution in [3.05, 3.63) is 27.9 Å². The summed E-state index contributed by atoms with van der Waals surface area (Å²) in [7, 11) is 0. The van der Waals surface area contributed by atoms with Gasteiger partial charge in [0.15, 0.2) is 0 Å². The third-order valence-corrected chi connectivity index (χ3v) is 1.94. The Labute approximate surface area is 76.2 Å². The van der Waals surface area contributed by atoms with E-state index in [-0.39, 0.29) is 12.0 Å². The van der Waals surface area contributed by atoms with Gasteiger partial charge in [-0.3, -0.25) is 9.36 Å². The normalized spacial score (nSPS) is 10.0. The minimum atomic E-state index is -0.109. The second-order valence-electron chi connectivity index (χ2n) is 2.75. The quantitative estimate of drug-likeness (QED) is 0.629. The Morgan fingerprint density at radius 1 is 1.62 bits per heavy atom.